The standard InChI is InChI=1S/C26H31ClN4O3/c1-2-11-30-13-15-31(16-14-30)12-3-10-28-25(32)20-6-9-23-22(18-20)29-26(33)24(34-23)17-19-4-7-21(27)8-5-19/h4-9,17-18H,2-3,10-16H2,1H3,(H,28,32)(H,29,33). The molecular weight excluding hydrogens is 452 g/mol. The van der Waals surface area contributed by atoms with E-state index >= 15 is 0 Å². The first-order valence-electron chi connectivity index (χ1n) is 11.9. The van der Waals surface area contributed by atoms with Gasteiger partial charge < -0.3 is 25.2 Å². The lowest BCUT2D eigenvalue weighted by atomic mass is 10.1. The normalized spacial score (nSPS) is 17.7. The molecule has 0 saturated carbocycles. The number of nitrogens with zero attached hydrogens (tertiary/aromatic N) is 2. The minimum absolute atomic E-state index is 0.160. The first kappa shape index (κ1) is 24.3. The summed E-state index contributed by atoms with van der Waals surface area (Å²) in [6.07, 6.45) is 3.76. The van der Waals surface area contributed by atoms with E-state index in [1.807, 2.05) is 0 Å². The SMILES string of the molecule is CCCN1CCN(CCCNC(=O)c2ccc3c(c2)NC(=O)C(=Cc2ccc(Cl)cc2)O3)CC1. The van der Waals surface area contributed by atoms with Gasteiger partial charge in [-0.05, 0) is 67.9 Å². The van der Waals surface area contributed by atoms with Crippen molar-refractivity contribution in [2.45, 2.75) is 19.8 Å². The lowest BCUT2D eigenvalue weighted by molar-refractivity contribution is -0.115. The number of halogens is 1. The van der Waals surface area contributed by atoms with Crippen LogP contribution in [0.5, 0.6) is 5.75 Å². The van der Waals surface area contributed by atoms with Crippen LogP contribution in [0.25, 0.3) is 6.08 Å². The van der Waals surface area contributed by atoms with E-state index in [0.717, 1.165) is 44.7 Å². The average Bonchev–Trinajstić information content (AvgIpc) is 2.84. The summed E-state index contributed by atoms with van der Waals surface area (Å²) < 4.78 is 5.78. The molecule has 2 aliphatic rings. The second-order valence-electron chi connectivity index (χ2n) is 8.62. The van der Waals surface area contributed by atoms with Crippen molar-refractivity contribution in [3.63, 3.8) is 0 Å². The van der Waals surface area contributed by atoms with Gasteiger partial charge in [-0.15, -0.1) is 0 Å². The molecule has 0 atom stereocenters. The van der Waals surface area contributed by atoms with Gasteiger partial charge in [0.05, 0.1) is 5.69 Å². The van der Waals surface area contributed by atoms with E-state index < -0.39 is 0 Å². The molecular formula is C26H31ClN4O3. The minimum atomic E-state index is -0.362. The van der Waals surface area contributed by atoms with Crippen LogP contribution in [0, 0.1) is 0 Å². The van der Waals surface area contributed by atoms with Crippen LogP contribution in [0.15, 0.2) is 48.2 Å². The van der Waals surface area contributed by atoms with Crippen molar-refractivity contribution in [3.8, 4) is 5.75 Å². The van der Waals surface area contributed by atoms with Crippen molar-refractivity contribution in [1.29, 1.82) is 0 Å². The second kappa shape index (κ2) is 11.5. The van der Waals surface area contributed by atoms with Gasteiger partial charge in [0, 0.05) is 43.3 Å². The number of amides is 2. The van der Waals surface area contributed by atoms with Crippen LogP contribution in [0.1, 0.15) is 35.7 Å². The number of carbonyl (C=O) groups excluding carboxylic acids is 2. The molecule has 8 heteroatoms. The van der Waals surface area contributed by atoms with E-state index in [0.29, 0.717) is 28.6 Å². The van der Waals surface area contributed by atoms with Crippen molar-refractivity contribution in [2.75, 3.05) is 51.1 Å². The summed E-state index contributed by atoms with van der Waals surface area (Å²) >= 11 is 5.91. The Morgan fingerprint density at radius 3 is 2.50 bits per heavy atom. The van der Waals surface area contributed by atoms with Crippen molar-refractivity contribution >= 4 is 35.2 Å². The highest BCUT2D eigenvalue weighted by Crippen LogP contribution is 2.32. The third-order valence-electron chi connectivity index (χ3n) is 6.04. The van der Waals surface area contributed by atoms with Crippen LogP contribution in [0.3, 0.4) is 0 Å². The molecule has 0 aliphatic carbocycles. The summed E-state index contributed by atoms with van der Waals surface area (Å²) in [5.41, 5.74) is 1.77. The topological polar surface area (TPSA) is 73.9 Å². The first-order valence-corrected chi connectivity index (χ1v) is 12.2. The van der Waals surface area contributed by atoms with E-state index in [2.05, 4.69) is 27.4 Å². The van der Waals surface area contributed by atoms with E-state index in [1.165, 1.54) is 13.0 Å². The van der Waals surface area contributed by atoms with E-state index in [1.54, 1.807) is 48.5 Å². The first-order chi connectivity index (χ1) is 16.5. The second-order valence-corrected chi connectivity index (χ2v) is 9.06. The summed E-state index contributed by atoms with van der Waals surface area (Å²) in [6, 6.07) is 12.2. The van der Waals surface area contributed by atoms with Gasteiger partial charge in [0.2, 0.25) is 0 Å². The number of hydrogen-bond donors (Lipinski definition) is 2. The molecule has 2 N–H and O–H groups in total. The molecule has 34 heavy (non-hydrogen) atoms. The maximum absolute atomic E-state index is 12.6. The molecule has 0 unspecified atom stereocenters. The molecule has 2 aromatic carbocycles. The maximum atomic E-state index is 12.6. The number of nitrogens with one attached hydrogen (secondary N) is 2. The summed E-state index contributed by atoms with van der Waals surface area (Å²) in [7, 11) is 0. The van der Waals surface area contributed by atoms with Crippen LogP contribution in [-0.4, -0.2) is 67.4 Å². The number of fused-ring (bicyclic) bond motifs is 1. The number of anilines is 1. The van der Waals surface area contributed by atoms with E-state index in [-0.39, 0.29) is 17.6 Å². The van der Waals surface area contributed by atoms with Gasteiger partial charge in [-0.2, -0.15) is 0 Å². The van der Waals surface area contributed by atoms with E-state index in [9.17, 15) is 9.59 Å². The highest BCUT2D eigenvalue weighted by atomic mass is 35.5. The molecule has 2 amide bonds. The zero-order valence-electron chi connectivity index (χ0n) is 19.5. The predicted molar refractivity (Wildman–Crippen MR) is 135 cm³/mol. The average molecular weight is 483 g/mol. The van der Waals surface area contributed by atoms with Gasteiger partial charge in [0.25, 0.3) is 11.8 Å². The molecule has 7 nitrogen and oxygen atoms in total. The number of rotatable bonds is 8. The molecule has 0 aromatic heterocycles. The van der Waals surface area contributed by atoms with Gasteiger partial charge in [0.1, 0.15) is 0 Å². The molecule has 2 aromatic rings. The highest BCUT2D eigenvalue weighted by Gasteiger charge is 2.23. The van der Waals surface area contributed by atoms with Crippen LogP contribution in [0.2, 0.25) is 5.02 Å². The third-order valence-corrected chi connectivity index (χ3v) is 6.29. The van der Waals surface area contributed by atoms with Gasteiger partial charge >= 0.3 is 0 Å². The molecule has 180 valence electrons. The fourth-order valence-electron chi connectivity index (χ4n) is 4.17. The van der Waals surface area contributed by atoms with Crippen LogP contribution < -0.4 is 15.4 Å². The number of hydrogen-bond acceptors (Lipinski definition) is 5. The van der Waals surface area contributed by atoms with Gasteiger partial charge in [-0.3, -0.25) is 9.59 Å². The molecule has 0 radical (unpaired) electrons. The van der Waals surface area contributed by atoms with Crippen molar-refractivity contribution in [3.05, 3.63) is 64.4 Å². The molecule has 1 fully saturated rings. The highest BCUT2D eigenvalue weighted by molar-refractivity contribution is 6.30. The van der Waals surface area contributed by atoms with E-state index in [4.69, 9.17) is 16.3 Å². The van der Waals surface area contributed by atoms with Crippen LogP contribution in [0.4, 0.5) is 5.69 Å². The maximum Gasteiger partial charge on any atom is 0.291 e. The lowest BCUT2D eigenvalue weighted by Gasteiger charge is -2.34. The zero-order chi connectivity index (χ0) is 23.9. The molecule has 2 heterocycles. The lowest BCUT2D eigenvalue weighted by Crippen LogP contribution is -2.47. The number of piperazine rings is 1. The Morgan fingerprint density at radius 1 is 1.09 bits per heavy atom. The van der Waals surface area contributed by atoms with Gasteiger partial charge in [-0.25, -0.2) is 0 Å². The smallest absolute Gasteiger partial charge is 0.291 e. The Balaban J connectivity index is 1.27. The third kappa shape index (κ3) is 6.38. The Hall–Kier alpha value is -2.87. The van der Waals surface area contributed by atoms with Gasteiger partial charge in [-0.1, -0.05) is 30.7 Å². The fourth-order valence-corrected chi connectivity index (χ4v) is 4.30. The Morgan fingerprint density at radius 2 is 1.79 bits per heavy atom. The number of carbonyl (C=O) groups is 2. The van der Waals surface area contributed by atoms with Gasteiger partial charge in [0.15, 0.2) is 11.5 Å². The Labute approximate surface area is 205 Å². The number of benzene rings is 2. The number of ether oxygens (including phenoxy) is 1. The summed E-state index contributed by atoms with van der Waals surface area (Å²) in [4.78, 5) is 30.1. The molecule has 4 rings (SSSR count). The molecule has 0 bridgehead atoms. The summed E-state index contributed by atoms with van der Waals surface area (Å²) in [6.45, 7) is 9.42. The van der Waals surface area contributed by atoms with Crippen LogP contribution in [-0.2, 0) is 4.79 Å². The fraction of sp³-hybridized carbons (Fsp3) is 0.385. The molecule has 2 aliphatic heterocycles. The van der Waals surface area contributed by atoms with Crippen molar-refractivity contribution < 1.29 is 14.3 Å². The monoisotopic (exact) mass is 482 g/mol. The molecule has 1 saturated heterocycles. The quantitative estimate of drug-likeness (QED) is 0.441. The Kier molecular flexibility index (Phi) is 8.21. The van der Waals surface area contributed by atoms with Crippen molar-refractivity contribution in [2.24, 2.45) is 0 Å². The largest absolute Gasteiger partial charge is 0.449 e. The Bertz CT molecular complexity index is 1050. The summed E-state index contributed by atoms with van der Waals surface area (Å²) in [5.74, 6) is 0.160. The van der Waals surface area contributed by atoms with Crippen molar-refractivity contribution in [1.82, 2.24) is 15.1 Å². The zero-order valence-corrected chi connectivity index (χ0v) is 20.2. The van der Waals surface area contributed by atoms with Crippen LogP contribution >= 0.6 is 11.6 Å². The summed E-state index contributed by atoms with van der Waals surface area (Å²) in [5, 5.41) is 6.41. The molecule has 0 spiro atoms. The minimum Gasteiger partial charge on any atom is -0.449 e. The predicted octanol–water partition coefficient (Wildman–Crippen LogP) is 3.86.